The van der Waals surface area contributed by atoms with Crippen LogP contribution in [0.5, 0.6) is 0 Å². The minimum atomic E-state index is -1.54. The lowest BCUT2D eigenvalue weighted by molar-refractivity contribution is -0.578. The summed E-state index contributed by atoms with van der Waals surface area (Å²) in [5, 5.41) is 28.6. The van der Waals surface area contributed by atoms with Gasteiger partial charge in [-0.05, 0) is 6.42 Å². The molecule has 0 aromatic rings. The van der Waals surface area contributed by atoms with E-state index in [1.807, 2.05) is 0 Å². The second-order valence-electron chi connectivity index (χ2n) is 3.96. The molecule has 0 atom stereocenters. The molecule has 0 spiro atoms. The fourth-order valence-electron chi connectivity index (χ4n) is 1.47. The number of unbranched alkanes of at least 4 members (excludes halogenated alkanes) is 4. The van der Waals surface area contributed by atoms with Crippen molar-refractivity contribution in [2.24, 2.45) is 0 Å². The summed E-state index contributed by atoms with van der Waals surface area (Å²) in [7, 11) is 0. The second kappa shape index (κ2) is 7.59. The average molecular weight is 219 g/mol. The molecule has 0 aliphatic carbocycles. The van der Waals surface area contributed by atoms with Gasteiger partial charge in [0.1, 0.15) is 13.2 Å². The average Bonchev–Trinajstić information content (AvgIpc) is 2.23. The molecule has 2 N–H and O–H groups in total. The van der Waals surface area contributed by atoms with Gasteiger partial charge in [0.15, 0.2) is 0 Å². The van der Waals surface area contributed by atoms with Gasteiger partial charge in [0.25, 0.3) is 5.54 Å². The van der Waals surface area contributed by atoms with Gasteiger partial charge >= 0.3 is 0 Å². The SMILES string of the molecule is CCCCCCCC(CO)(CO)[N+](=O)[O-]. The molecule has 0 radical (unpaired) electrons. The van der Waals surface area contributed by atoms with E-state index >= 15 is 0 Å². The van der Waals surface area contributed by atoms with Gasteiger partial charge < -0.3 is 10.2 Å². The lowest BCUT2D eigenvalue weighted by Crippen LogP contribution is -2.45. The van der Waals surface area contributed by atoms with Gasteiger partial charge in [0.2, 0.25) is 0 Å². The number of hydrogen-bond acceptors (Lipinski definition) is 4. The second-order valence-corrected chi connectivity index (χ2v) is 3.96. The Labute approximate surface area is 90.3 Å². The Balaban J connectivity index is 3.91. The molecule has 0 aliphatic rings. The van der Waals surface area contributed by atoms with Crippen LogP contribution in [0.25, 0.3) is 0 Å². The standard InChI is InChI=1S/C10H21NO4/c1-2-3-4-5-6-7-10(8-12,9-13)11(14)15/h12-13H,2-9H2,1H3. The molecule has 90 valence electrons. The highest BCUT2D eigenvalue weighted by atomic mass is 16.6. The van der Waals surface area contributed by atoms with Gasteiger partial charge in [-0.2, -0.15) is 0 Å². The number of nitrogens with zero attached hydrogens (tertiary/aromatic N) is 1. The van der Waals surface area contributed by atoms with Crippen LogP contribution in [0.15, 0.2) is 0 Å². The summed E-state index contributed by atoms with van der Waals surface area (Å²) in [6.07, 6.45) is 5.16. The molecule has 0 saturated heterocycles. The van der Waals surface area contributed by atoms with Crippen molar-refractivity contribution in [2.75, 3.05) is 13.2 Å². The molecule has 0 saturated carbocycles. The van der Waals surface area contributed by atoms with Crippen LogP contribution in [-0.4, -0.2) is 33.9 Å². The highest BCUT2D eigenvalue weighted by molar-refractivity contribution is 4.77. The van der Waals surface area contributed by atoms with E-state index in [-0.39, 0.29) is 6.42 Å². The van der Waals surface area contributed by atoms with Crippen LogP contribution < -0.4 is 0 Å². The van der Waals surface area contributed by atoms with Gasteiger partial charge in [-0.25, -0.2) is 0 Å². The van der Waals surface area contributed by atoms with Crippen LogP contribution in [-0.2, 0) is 0 Å². The largest absolute Gasteiger partial charge is 0.389 e. The molecule has 0 rings (SSSR count). The van der Waals surface area contributed by atoms with Gasteiger partial charge in [-0.3, -0.25) is 10.1 Å². The molecule has 0 aromatic heterocycles. The molecule has 5 heteroatoms. The minimum Gasteiger partial charge on any atom is -0.389 e. The van der Waals surface area contributed by atoms with E-state index in [0.29, 0.717) is 6.42 Å². The zero-order chi connectivity index (χ0) is 11.7. The minimum absolute atomic E-state index is 0.247. The lowest BCUT2D eigenvalue weighted by atomic mass is 9.94. The van der Waals surface area contributed by atoms with Crippen molar-refractivity contribution in [3.05, 3.63) is 10.1 Å². The molecular weight excluding hydrogens is 198 g/mol. The molecule has 0 bridgehead atoms. The third-order valence-corrected chi connectivity index (χ3v) is 2.72. The topological polar surface area (TPSA) is 83.6 Å². The van der Waals surface area contributed by atoms with Crippen molar-refractivity contribution < 1.29 is 15.1 Å². The van der Waals surface area contributed by atoms with Gasteiger partial charge in [-0.1, -0.05) is 32.6 Å². The number of hydrogen-bond donors (Lipinski definition) is 2. The lowest BCUT2D eigenvalue weighted by Gasteiger charge is -2.20. The smallest absolute Gasteiger partial charge is 0.267 e. The van der Waals surface area contributed by atoms with Gasteiger partial charge in [-0.15, -0.1) is 0 Å². The highest BCUT2D eigenvalue weighted by Crippen LogP contribution is 2.18. The molecule has 0 unspecified atom stereocenters. The molecule has 0 fully saturated rings. The normalized spacial score (nSPS) is 11.7. The number of nitro groups is 1. The molecule has 0 amide bonds. The van der Waals surface area contributed by atoms with Crippen molar-refractivity contribution in [3.8, 4) is 0 Å². The quantitative estimate of drug-likeness (QED) is 0.348. The summed E-state index contributed by atoms with van der Waals surface area (Å²) in [4.78, 5) is 10.1. The van der Waals surface area contributed by atoms with Crippen molar-refractivity contribution in [3.63, 3.8) is 0 Å². The van der Waals surface area contributed by atoms with Crippen LogP contribution in [0.1, 0.15) is 45.4 Å². The van der Waals surface area contributed by atoms with Gasteiger partial charge in [0.05, 0.1) is 0 Å². The van der Waals surface area contributed by atoms with Crippen LogP contribution in [0.3, 0.4) is 0 Å². The molecule has 5 nitrogen and oxygen atoms in total. The summed E-state index contributed by atoms with van der Waals surface area (Å²) in [5.74, 6) is 0. The van der Waals surface area contributed by atoms with E-state index in [1.165, 1.54) is 0 Å². The molecular formula is C10H21NO4. The maximum atomic E-state index is 10.7. The first-order valence-corrected chi connectivity index (χ1v) is 5.49. The summed E-state index contributed by atoms with van der Waals surface area (Å²) in [5.41, 5.74) is -1.54. The predicted molar refractivity (Wildman–Crippen MR) is 57.3 cm³/mol. The summed E-state index contributed by atoms with van der Waals surface area (Å²) in [6.45, 7) is 0.914. The number of aliphatic hydroxyl groups is 2. The first-order chi connectivity index (χ1) is 7.13. The van der Waals surface area contributed by atoms with Crippen LogP contribution in [0.2, 0.25) is 0 Å². The molecule has 0 aliphatic heterocycles. The fraction of sp³-hybridized carbons (Fsp3) is 1.00. The van der Waals surface area contributed by atoms with E-state index in [2.05, 4.69) is 6.92 Å². The van der Waals surface area contributed by atoms with Crippen LogP contribution in [0, 0.1) is 10.1 Å². The van der Waals surface area contributed by atoms with Crippen molar-refractivity contribution in [1.82, 2.24) is 0 Å². The van der Waals surface area contributed by atoms with Crippen molar-refractivity contribution in [2.45, 2.75) is 51.0 Å². The Morgan fingerprint density at radius 1 is 1.13 bits per heavy atom. The molecule has 15 heavy (non-hydrogen) atoms. The zero-order valence-electron chi connectivity index (χ0n) is 9.31. The van der Waals surface area contributed by atoms with E-state index in [9.17, 15) is 10.1 Å². The van der Waals surface area contributed by atoms with Crippen LogP contribution in [0.4, 0.5) is 0 Å². The van der Waals surface area contributed by atoms with E-state index in [1.54, 1.807) is 0 Å². The summed E-state index contributed by atoms with van der Waals surface area (Å²) in [6, 6.07) is 0. The first-order valence-electron chi connectivity index (χ1n) is 5.49. The predicted octanol–water partition coefficient (Wildman–Crippen LogP) is 1.35. The Bertz CT molecular complexity index is 180. The third kappa shape index (κ3) is 4.57. The highest BCUT2D eigenvalue weighted by Gasteiger charge is 2.40. The van der Waals surface area contributed by atoms with E-state index < -0.39 is 23.7 Å². The zero-order valence-corrected chi connectivity index (χ0v) is 9.31. The van der Waals surface area contributed by atoms with E-state index in [0.717, 1.165) is 25.7 Å². The maximum Gasteiger partial charge on any atom is 0.267 e. The molecule has 0 aromatic carbocycles. The summed E-state index contributed by atoms with van der Waals surface area (Å²) >= 11 is 0. The monoisotopic (exact) mass is 219 g/mol. The summed E-state index contributed by atoms with van der Waals surface area (Å²) < 4.78 is 0. The first kappa shape index (κ1) is 14.3. The number of rotatable bonds is 9. The Morgan fingerprint density at radius 3 is 2.07 bits per heavy atom. The number of aliphatic hydroxyl groups excluding tert-OH is 2. The Hall–Kier alpha value is -0.680. The van der Waals surface area contributed by atoms with Crippen molar-refractivity contribution in [1.29, 1.82) is 0 Å². The Morgan fingerprint density at radius 2 is 1.67 bits per heavy atom. The van der Waals surface area contributed by atoms with Crippen molar-refractivity contribution >= 4 is 0 Å². The van der Waals surface area contributed by atoms with Crippen LogP contribution >= 0.6 is 0 Å². The Kier molecular flexibility index (Phi) is 7.25. The van der Waals surface area contributed by atoms with Gasteiger partial charge in [0, 0.05) is 11.3 Å². The maximum absolute atomic E-state index is 10.7. The third-order valence-electron chi connectivity index (χ3n) is 2.72. The molecule has 0 heterocycles. The fourth-order valence-corrected chi connectivity index (χ4v) is 1.47. The van der Waals surface area contributed by atoms with E-state index in [4.69, 9.17) is 10.2 Å².